The third-order valence-electron chi connectivity index (χ3n) is 3.43. The highest BCUT2D eigenvalue weighted by molar-refractivity contribution is 5.89. The predicted octanol–water partition coefficient (Wildman–Crippen LogP) is 1.90. The molecule has 112 valence electrons. The van der Waals surface area contributed by atoms with Crippen molar-refractivity contribution < 1.29 is 27.5 Å². The van der Waals surface area contributed by atoms with Gasteiger partial charge in [0.1, 0.15) is 5.76 Å². The highest BCUT2D eigenvalue weighted by atomic mass is 19.4. The normalized spacial score (nSPS) is 24.6. The van der Waals surface area contributed by atoms with Crippen LogP contribution in [0.3, 0.4) is 0 Å². The zero-order valence-electron chi connectivity index (χ0n) is 10.9. The summed E-state index contributed by atoms with van der Waals surface area (Å²) in [6.45, 7) is 1.57. The zero-order chi connectivity index (χ0) is 15.0. The monoisotopic (exact) mass is 292 g/mol. The number of aromatic nitrogens is 1. The maximum absolute atomic E-state index is 12.8. The minimum absolute atomic E-state index is 0.0709. The number of amides is 1. The highest BCUT2D eigenvalue weighted by Gasteiger charge is 2.53. The van der Waals surface area contributed by atoms with E-state index in [9.17, 15) is 23.1 Å². The third kappa shape index (κ3) is 2.79. The molecule has 0 radical (unpaired) electrons. The lowest BCUT2D eigenvalue weighted by molar-refractivity contribution is -0.263. The number of aryl methyl sites for hydroxylation is 1. The van der Waals surface area contributed by atoms with Gasteiger partial charge in [-0.15, -0.1) is 0 Å². The van der Waals surface area contributed by atoms with E-state index in [-0.39, 0.29) is 25.4 Å². The third-order valence-corrected chi connectivity index (χ3v) is 3.43. The molecule has 1 N–H and O–H groups in total. The number of carbonyl (C=O) groups is 1. The molecule has 0 aliphatic carbocycles. The lowest BCUT2D eigenvalue weighted by Crippen LogP contribution is -2.46. The van der Waals surface area contributed by atoms with E-state index in [4.69, 9.17) is 4.42 Å². The molecule has 1 aliphatic heterocycles. The smallest absolute Gasteiger partial charge is 0.417 e. The number of hydrogen-bond donors (Lipinski definition) is 1. The number of likely N-dealkylation sites (tertiary alicyclic amines) is 1. The molecule has 1 atom stereocenters. The Hall–Kier alpha value is -1.57. The van der Waals surface area contributed by atoms with Crippen molar-refractivity contribution in [2.75, 3.05) is 13.1 Å². The number of oxazole rings is 1. The molecule has 1 saturated heterocycles. The topological polar surface area (TPSA) is 66.6 Å². The number of rotatable bonds is 1. The molecule has 0 spiro atoms. The van der Waals surface area contributed by atoms with E-state index in [1.165, 1.54) is 11.1 Å². The number of carbonyl (C=O) groups excluding carboxylic acids is 1. The van der Waals surface area contributed by atoms with Crippen LogP contribution >= 0.6 is 0 Å². The summed E-state index contributed by atoms with van der Waals surface area (Å²) < 4.78 is 43.4. The van der Waals surface area contributed by atoms with Gasteiger partial charge < -0.3 is 14.4 Å². The SMILES string of the molecule is Cc1cnc(C(=O)N2CCCC(O)(C(F)(F)F)CC2)o1. The van der Waals surface area contributed by atoms with E-state index in [2.05, 4.69) is 4.98 Å². The summed E-state index contributed by atoms with van der Waals surface area (Å²) in [4.78, 5) is 17.0. The second-order valence-electron chi connectivity index (χ2n) is 4.95. The van der Waals surface area contributed by atoms with Crippen LogP contribution in [0.15, 0.2) is 10.6 Å². The van der Waals surface area contributed by atoms with Crippen molar-refractivity contribution in [1.82, 2.24) is 9.88 Å². The first kappa shape index (κ1) is 14.8. The molecule has 20 heavy (non-hydrogen) atoms. The maximum atomic E-state index is 12.8. The van der Waals surface area contributed by atoms with Crippen molar-refractivity contribution in [3.8, 4) is 0 Å². The molecule has 2 rings (SSSR count). The van der Waals surface area contributed by atoms with Crippen LogP contribution in [0.5, 0.6) is 0 Å². The van der Waals surface area contributed by atoms with E-state index >= 15 is 0 Å². The predicted molar refractivity (Wildman–Crippen MR) is 62.0 cm³/mol. The molecule has 1 aromatic rings. The Balaban J connectivity index is 2.08. The van der Waals surface area contributed by atoms with Crippen LogP contribution in [0.4, 0.5) is 13.2 Å². The van der Waals surface area contributed by atoms with Gasteiger partial charge in [0, 0.05) is 19.5 Å². The Morgan fingerprint density at radius 3 is 2.70 bits per heavy atom. The lowest BCUT2D eigenvalue weighted by atomic mass is 9.94. The highest BCUT2D eigenvalue weighted by Crippen LogP contribution is 2.38. The fourth-order valence-electron chi connectivity index (χ4n) is 2.19. The fraction of sp³-hybridized carbons (Fsp3) is 0.667. The molecular weight excluding hydrogens is 277 g/mol. The van der Waals surface area contributed by atoms with Gasteiger partial charge in [-0.1, -0.05) is 0 Å². The summed E-state index contributed by atoms with van der Waals surface area (Å²) in [5.41, 5.74) is -2.73. The standard InChI is InChI=1S/C12H15F3N2O3/c1-8-7-16-9(20-8)10(18)17-5-2-3-11(19,4-6-17)12(13,14)15/h7,19H,2-6H2,1H3. The average Bonchev–Trinajstić information content (AvgIpc) is 2.67. The van der Waals surface area contributed by atoms with Crippen LogP contribution in [0, 0.1) is 6.92 Å². The molecule has 0 saturated carbocycles. The number of halogens is 3. The minimum Gasteiger partial charge on any atom is -0.438 e. The summed E-state index contributed by atoms with van der Waals surface area (Å²) in [6, 6.07) is 0. The second kappa shape index (κ2) is 5.08. The van der Waals surface area contributed by atoms with Gasteiger partial charge in [-0.2, -0.15) is 13.2 Å². The number of alkyl halides is 3. The molecule has 5 nitrogen and oxygen atoms in total. The van der Waals surface area contributed by atoms with Crippen LogP contribution in [0.25, 0.3) is 0 Å². The van der Waals surface area contributed by atoms with E-state index < -0.39 is 30.5 Å². The van der Waals surface area contributed by atoms with Gasteiger partial charge in [0.15, 0.2) is 5.60 Å². The number of hydrogen-bond acceptors (Lipinski definition) is 4. The quantitative estimate of drug-likeness (QED) is 0.858. The molecule has 1 aromatic heterocycles. The van der Waals surface area contributed by atoms with Gasteiger partial charge >= 0.3 is 12.1 Å². The fourth-order valence-corrected chi connectivity index (χ4v) is 2.19. The Morgan fingerprint density at radius 1 is 1.45 bits per heavy atom. The van der Waals surface area contributed by atoms with Gasteiger partial charge in [0.05, 0.1) is 6.20 Å². The van der Waals surface area contributed by atoms with Gasteiger partial charge in [-0.25, -0.2) is 4.98 Å². The van der Waals surface area contributed by atoms with Gasteiger partial charge in [0.25, 0.3) is 5.89 Å². The Bertz CT molecular complexity index is 500. The van der Waals surface area contributed by atoms with E-state index in [0.717, 1.165) is 0 Å². The molecule has 1 unspecified atom stereocenters. The summed E-state index contributed by atoms with van der Waals surface area (Å²) in [6.07, 6.45) is -4.20. The average molecular weight is 292 g/mol. The molecule has 1 amide bonds. The number of nitrogens with zero attached hydrogens (tertiary/aromatic N) is 2. The summed E-state index contributed by atoms with van der Waals surface area (Å²) >= 11 is 0. The van der Waals surface area contributed by atoms with E-state index in [1.54, 1.807) is 6.92 Å². The molecule has 2 heterocycles. The molecule has 0 bridgehead atoms. The van der Waals surface area contributed by atoms with Crippen molar-refractivity contribution in [3.05, 3.63) is 17.8 Å². The van der Waals surface area contributed by atoms with Crippen molar-refractivity contribution >= 4 is 5.91 Å². The molecule has 1 fully saturated rings. The first-order valence-corrected chi connectivity index (χ1v) is 6.24. The first-order valence-electron chi connectivity index (χ1n) is 6.24. The van der Waals surface area contributed by atoms with Gasteiger partial charge in [-0.05, 0) is 19.8 Å². The Labute approximate surface area is 113 Å². The van der Waals surface area contributed by atoms with E-state index in [0.29, 0.717) is 5.76 Å². The van der Waals surface area contributed by atoms with Crippen molar-refractivity contribution in [2.45, 2.75) is 38.0 Å². The van der Waals surface area contributed by atoms with Crippen LogP contribution in [0.2, 0.25) is 0 Å². The molecule has 8 heteroatoms. The number of aliphatic hydroxyl groups is 1. The largest absolute Gasteiger partial charge is 0.438 e. The lowest BCUT2D eigenvalue weighted by Gasteiger charge is -2.29. The zero-order valence-corrected chi connectivity index (χ0v) is 10.9. The molecule has 0 aromatic carbocycles. The van der Waals surface area contributed by atoms with Crippen LogP contribution in [0.1, 0.15) is 35.7 Å². The van der Waals surface area contributed by atoms with Crippen molar-refractivity contribution in [2.24, 2.45) is 0 Å². The van der Waals surface area contributed by atoms with Gasteiger partial charge in [0.2, 0.25) is 0 Å². The molecule has 1 aliphatic rings. The van der Waals surface area contributed by atoms with E-state index in [1.807, 2.05) is 0 Å². The maximum Gasteiger partial charge on any atom is 0.417 e. The van der Waals surface area contributed by atoms with Gasteiger partial charge in [-0.3, -0.25) is 4.79 Å². The summed E-state index contributed by atoms with van der Waals surface area (Å²) in [5.74, 6) is -0.237. The second-order valence-corrected chi connectivity index (χ2v) is 4.95. The summed E-state index contributed by atoms with van der Waals surface area (Å²) in [7, 11) is 0. The minimum atomic E-state index is -4.69. The first-order chi connectivity index (χ1) is 9.23. The Kier molecular flexibility index (Phi) is 3.77. The Morgan fingerprint density at radius 2 is 2.15 bits per heavy atom. The summed E-state index contributed by atoms with van der Waals surface area (Å²) in [5, 5.41) is 9.66. The van der Waals surface area contributed by atoms with Crippen LogP contribution in [-0.4, -0.2) is 45.8 Å². The van der Waals surface area contributed by atoms with Crippen molar-refractivity contribution in [3.63, 3.8) is 0 Å². The van der Waals surface area contributed by atoms with Crippen LogP contribution in [-0.2, 0) is 0 Å². The molecular formula is C12H15F3N2O3. The van der Waals surface area contributed by atoms with Crippen molar-refractivity contribution in [1.29, 1.82) is 0 Å². The van der Waals surface area contributed by atoms with Crippen LogP contribution < -0.4 is 0 Å².